The summed E-state index contributed by atoms with van der Waals surface area (Å²) in [5.41, 5.74) is 12.8. The molecule has 31 heavy (non-hydrogen) atoms. The van der Waals surface area contributed by atoms with Crippen LogP contribution in [0.5, 0.6) is 0 Å². The summed E-state index contributed by atoms with van der Waals surface area (Å²) in [7, 11) is 1.50. The first kappa shape index (κ1) is 24.8. The Bertz CT molecular complexity index is 681. The van der Waals surface area contributed by atoms with Gasteiger partial charge in [-0.3, -0.25) is 0 Å². The van der Waals surface area contributed by atoms with Crippen molar-refractivity contribution in [1.29, 1.82) is 0 Å². The third-order valence-corrected chi connectivity index (χ3v) is 9.56. The maximum atomic E-state index is 4.50. The summed E-state index contributed by atoms with van der Waals surface area (Å²) in [5, 5.41) is 0. The van der Waals surface area contributed by atoms with E-state index < -0.39 is 0 Å². The summed E-state index contributed by atoms with van der Waals surface area (Å²) in [6, 6.07) is 2.63. The average Bonchev–Trinajstić information content (AvgIpc) is 2.80. The summed E-state index contributed by atoms with van der Waals surface area (Å²) in [6.45, 7) is 12.2. The Morgan fingerprint density at radius 2 is 1.00 bits per heavy atom. The highest BCUT2D eigenvalue weighted by Gasteiger charge is 2.32. The van der Waals surface area contributed by atoms with Crippen molar-refractivity contribution < 1.29 is 0 Å². The summed E-state index contributed by atoms with van der Waals surface area (Å²) >= 11 is 0. The Kier molecular flexibility index (Phi) is 9.09. The van der Waals surface area contributed by atoms with Gasteiger partial charge in [-0.05, 0) is 143 Å². The molecule has 0 saturated heterocycles. The Morgan fingerprint density at radius 1 is 0.581 bits per heavy atom. The van der Waals surface area contributed by atoms with Gasteiger partial charge in [0, 0.05) is 0 Å². The lowest BCUT2D eigenvalue weighted by Crippen LogP contribution is -2.25. The lowest BCUT2D eigenvalue weighted by atomic mass is 9.67. The normalized spacial score (nSPS) is 34.0. The van der Waals surface area contributed by atoms with Gasteiger partial charge in [-0.2, -0.15) is 0 Å². The second-order valence-electron chi connectivity index (χ2n) is 11.5. The summed E-state index contributed by atoms with van der Waals surface area (Å²) in [5.74, 6) is 5.66. The Hall–Kier alpha value is -0.820. The van der Waals surface area contributed by atoms with Crippen LogP contribution in [-0.2, 0) is 0 Å². The van der Waals surface area contributed by atoms with E-state index in [4.69, 9.17) is 0 Å². The van der Waals surface area contributed by atoms with Crippen LogP contribution in [0.2, 0.25) is 0 Å². The van der Waals surface area contributed by atoms with Crippen LogP contribution in [-0.4, -0.2) is 7.05 Å². The van der Waals surface area contributed by atoms with E-state index in [1.807, 2.05) is 0 Å². The highest BCUT2D eigenvalue weighted by molar-refractivity contribution is 5.47. The standard InChI is InChI=1S/C29H46.CH5N/c1-19-6-10-24(11-7-19)25-14-16-26(17-15-25)28-18-21(3)29(23(5)22(28)4)27-12-8-20(2)9-13-27;1-2/h18-20,24-27H,6-17H2,1-5H3;2H2,1H3. The van der Waals surface area contributed by atoms with Crippen LogP contribution in [0.3, 0.4) is 0 Å². The molecule has 1 heteroatoms. The van der Waals surface area contributed by atoms with Crippen molar-refractivity contribution in [2.24, 2.45) is 29.4 Å². The number of rotatable bonds is 3. The van der Waals surface area contributed by atoms with Crippen molar-refractivity contribution in [3.63, 3.8) is 0 Å². The molecule has 3 aliphatic rings. The fraction of sp³-hybridized carbons (Fsp3) is 0.800. The second kappa shape index (κ2) is 11.4. The number of nitrogens with two attached hydrogens (primary N) is 1. The second-order valence-corrected chi connectivity index (χ2v) is 11.5. The molecule has 3 aliphatic carbocycles. The predicted octanol–water partition coefficient (Wildman–Crippen LogP) is 8.58. The molecular weight excluding hydrogens is 374 g/mol. The molecule has 1 aromatic rings. The molecule has 0 radical (unpaired) electrons. The predicted molar refractivity (Wildman–Crippen MR) is 137 cm³/mol. The van der Waals surface area contributed by atoms with Crippen LogP contribution in [0, 0.1) is 44.4 Å². The van der Waals surface area contributed by atoms with Crippen LogP contribution < -0.4 is 5.73 Å². The van der Waals surface area contributed by atoms with Gasteiger partial charge in [-0.15, -0.1) is 0 Å². The SMILES string of the molecule is CN.Cc1cc(C2CCC(C3CCC(C)CC3)CC2)c(C)c(C)c1C1CCC(C)CC1. The molecule has 0 unspecified atom stereocenters. The molecule has 4 rings (SSSR count). The summed E-state index contributed by atoms with van der Waals surface area (Å²) < 4.78 is 0. The molecule has 176 valence electrons. The van der Waals surface area contributed by atoms with E-state index in [0.29, 0.717) is 0 Å². The largest absolute Gasteiger partial charge is 0.333 e. The zero-order chi connectivity index (χ0) is 22.5. The van der Waals surface area contributed by atoms with Gasteiger partial charge in [0.05, 0.1) is 0 Å². The number of hydrogen-bond donors (Lipinski definition) is 1. The van der Waals surface area contributed by atoms with Crippen molar-refractivity contribution in [3.05, 3.63) is 33.9 Å². The molecule has 2 N–H and O–H groups in total. The molecule has 0 heterocycles. The third-order valence-electron chi connectivity index (χ3n) is 9.56. The van der Waals surface area contributed by atoms with Crippen LogP contribution in [0.1, 0.15) is 131 Å². The minimum absolute atomic E-state index is 0.823. The van der Waals surface area contributed by atoms with Crippen LogP contribution >= 0.6 is 0 Å². The van der Waals surface area contributed by atoms with Gasteiger partial charge in [0.2, 0.25) is 0 Å². The van der Waals surface area contributed by atoms with E-state index in [1.54, 1.807) is 27.8 Å². The van der Waals surface area contributed by atoms with Crippen LogP contribution in [0.25, 0.3) is 0 Å². The summed E-state index contributed by atoms with van der Waals surface area (Å²) in [4.78, 5) is 0. The van der Waals surface area contributed by atoms with E-state index in [1.165, 1.54) is 84.1 Å². The maximum Gasteiger partial charge on any atom is -0.0156 e. The number of hydrogen-bond acceptors (Lipinski definition) is 1. The molecule has 1 nitrogen and oxygen atoms in total. The molecule has 0 aliphatic heterocycles. The first-order valence-corrected chi connectivity index (χ1v) is 13.6. The monoisotopic (exact) mass is 425 g/mol. The van der Waals surface area contributed by atoms with Crippen molar-refractivity contribution in [1.82, 2.24) is 0 Å². The van der Waals surface area contributed by atoms with Crippen LogP contribution in [0.15, 0.2) is 6.07 Å². The minimum Gasteiger partial charge on any atom is -0.333 e. The molecule has 0 bridgehead atoms. The first-order valence-electron chi connectivity index (χ1n) is 13.6. The first-order chi connectivity index (χ1) is 14.9. The zero-order valence-corrected chi connectivity index (χ0v) is 21.6. The quantitative estimate of drug-likeness (QED) is 0.515. The average molecular weight is 426 g/mol. The van der Waals surface area contributed by atoms with E-state index in [2.05, 4.69) is 46.4 Å². The molecule has 0 atom stereocenters. The van der Waals surface area contributed by atoms with Gasteiger partial charge in [-0.25, -0.2) is 0 Å². The van der Waals surface area contributed by atoms with Crippen LogP contribution in [0.4, 0.5) is 0 Å². The van der Waals surface area contributed by atoms with Crippen molar-refractivity contribution in [2.45, 2.75) is 124 Å². The van der Waals surface area contributed by atoms with Gasteiger partial charge in [0.25, 0.3) is 0 Å². The van der Waals surface area contributed by atoms with Gasteiger partial charge in [0.15, 0.2) is 0 Å². The number of aryl methyl sites for hydroxylation is 1. The molecular formula is C30H51N. The van der Waals surface area contributed by atoms with Gasteiger partial charge in [0.1, 0.15) is 0 Å². The van der Waals surface area contributed by atoms with E-state index in [0.717, 1.165) is 35.5 Å². The highest BCUT2D eigenvalue weighted by Crippen LogP contribution is 2.46. The fourth-order valence-corrected chi connectivity index (χ4v) is 7.39. The Morgan fingerprint density at radius 3 is 1.52 bits per heavy atom. The molecule has 0 aromatic heterocycles. The summed E-state index contributed by atoms with van der Waals surface area (Å²) in [6.07, 6.45) is 17.5. The molecule has 0 amide bonds. The lowest BCUT2D eigenvalue weighted by Gasteiger charge is -2.38. The highest BCUT2D eigenvalue weighted by atomic mass is 14.4. The Labute approximate surface area is 194 Å². The van der Waals surface area contributed by atoms with E-state index in [9.17, 15) is 0 Å². The number of benzene rings is 1. The Balaban J connectivity index is 0.00000132. The smallest absolute Gasteiger partial charge is 0.0156 e. The topological polar surface area (TPSA) is 26.0 Å². The van der Waals surface area contributed by atoms with Crippen molar-refractivity contribution in [2.75, 3.05) is 7.05 Å². The van der Waals surface area contributed by atoms with Crippen molar-refractivity contribution >= 4 is 0 Å². The third kappa shape index (κ3) is 5.76. The fourth-order valence-electron chi connectivity index (χ4n) is 7.39. The van der Waals surface area contributed by atoms with E-state index >= 15 is 0 Å². The lowest BCUT2D eigenvalue weighted by molar-refractivity contribution is 0.165. The molecule has 0 spiro atoms. The minimum atomic E-state index is 0.823. The van der Waals surface area contributed by atoms with Gasteiger partial charge >= 0.3 is 0 Å². The van der Waals surface area contributed by atoms with Gasteiger partial charge < -0.3 is 5.73 Å². The van der Waals surface area contributed by atoms with Crippen molar-refractivity contribution in [3.8, 4) is 0 Å². The molecule has 1 aromatic carbocycles. The van der Waals surface area contributed by atoms with E-state index in [-0.39, 0.29) is 0 Å². The zero-order valence-electron chi connectivity index (χ0n) is 21.6. The maximum absolute atomic E-state index is 4.50. The molecule has 3 saturated carbocycles. The van der Waals surface area contributed by atoms with Gasteiger partial charge in [-0.1, -0.05) is 45.6 Å². The molecule has 3 fully saturated rings.